The molecule has 4 nitrogen and oxygen atoms in total. The minimum absolute atomic E-state index is 0.155. The Labute approximate surface area is 118 Å². The second kappa shape index (κ2) is 6.30. The summed E-state index contributed by atoms with van der Waals surface area (Å²) in [7, 11) is 3.25. The van der Waals surface area contributed by atoms with Crippen LogP contribution in [0.15, 0.2) is 42.5 Å². The first-order valence-corrected chi connectivity index (χ1v) is 6.39. The molecule has 3 N–H and O–H groups in total. The zero-order valence-electron chi connectivity index (χ0n) is 11.7. The average molecular weight is 273 g/mol. The van der Waals surface area contributed by atoms with Gasteiger partial charge in [-0.05, 0) is 35.7 Å². The highest BCUT2D eigenvalue weighted by atomic mass is 16.5. The van der Waals surface area contributed by atoms with E-state index in [0.29, 0.717) is 6.42 Å². The molecule has 1 atom stereocenters. The van der Waals surface area contributed by atoms with Crippen LogP contribution in [0.5, 0.6) is 17.2 Å². The lowest BCUT2D eigenvalue weighted by atomic mass is 9.99. The third-order valence-electron chi connectivity index (χ3n) is 3.26. The van der Waals surface area contributed by atoms with Gasteiger partial charge < -0.3 is 20.3 Å². The highest BCUT2D eigenvalue weighted by molar-refractivity contribution is 5.42. The first kappa shape index (κ1) is 14.2. The number of benzene rings is 2. The number of aromatic hydroxyl groups is 1. The molecule has 0 amide bonds. The lowest BCUT2D eigenvalue weighted by molar-refractivity contribution is 0.390. The van der Waals surface area contributed by atoms with E-state index in [9.17, 15) is 5.11 Å². The molecule has 2 aromatic carbocycles. The van der Waals surface area contributed by atoms with Crippen molar-refractivity contribution < 1.29 is 14.6 Å². The van der Waals surface area contributed by atoms with E-state index in [4.69, 9.17) is 15.2 Å². The number of phenolic OH excluding ortho intramolecular Hbond substituents is 1. The second-order valence-corrected chi connectivity index (χ2v) is 4.58. The second-order valence-electron chi connectivity index (χ2n) is 4.58. The van der Waals surface area contributed by atoms with Crippen molar-refractivity contribution in [2.45, 2.75) is 12.5 Å². The lowest BCUT2D eigenvalue weighted by Gasteiger charge is -2.15. The van der Waals surface area contributed by atoms with Crippen LogP contribution in [0.4, 0.5) is 0 Å². The minimum atomic E-state index is -0.155. The Hall–Kier alpha value is -2.20. The molecule has 0 saturated heterocycles. The summed E-state index contributed by atoms with van der Waals surface area (Å²) in [5.41, 5.74) is 8.20. The first-order chi connectivity index (χ1) is 9.63. The molecule has 0 heterocycles. The van der Waals surface area contributed by atoms with Gasteiger partial charge in [-0.2, -0.15) is 0 Å². The molecule has 2 aromatic rings. The summed E-state index contributed by atoms with van der Waals surface area (Å²) >= 11 is 0. The van der Waals surface area contributed by atoms with Crippen LogP contribution in [0.2, 0.25) is 0 Å². The summed E-state index contributed by atoms with van der Waals surface area (Å²) in [5.74, 6) is 1.75. The highest BCUT2D eigenvalue weighted by Gasteiger charge is 2.11. The van der Waals surface area contributed by atoms with Crippen LogP contribution in [0, 0.1) is 0 Å². The first-order valence-electron chi connectivity index (χ1n) is 6.39. The maximum Gasteiger partial charge on any atom is 0.125 e. The van der Waals surface area contributed by atoms with Gasteiger partial charge in [-0.1, -0.05) is 18.2 Å². The molecule has 0 aromatic heterocycles. The van der Waals surface area contributed by atoms with Gasteiger partial charge in [0.25, 0.3) is 0 Å². The molecule has 0 radical (unpaired) electrons. The number of nitrogens with two attached hydrogens (primary N) is 1. The zero-order valence-corrected chi connectivity index (χ0v) is 11.7. The third-order valence-corrected chi connectivity index (χ3v) is 3.26. The maximum absolute atomic E-state index is 9.29. The van der Waals surface area contributed by atoms with E-state index in [1.165, 1.54) is 0 Å². The van der Waals surface area contributed by atoms with Crippen molar-refractivity contribution in [2.75, 3.05) is 14.2 Å². The summed E-state index contributed by atoms with van der Waals surface area (Å²) < 4.78 is 10.5. The Morgan fingerprint density at radius 2 is 1.75 bits per heavy atom. The third kappa shape index (κ3) is 3.22. The zero-order chi connectivity index (χ0) is 14.5. The van der Waals surface area contributed by atoms with Crippen LogP contribution >= 0.6 is 0 Å². The Bertz CT molecular complexity index is 566. The van der Waals surface area contributed by atoms with E-state index in [1.807, 2.05) is 30.3 Å². The predicted octanol–water partition coefficient (Wildman–Crippen LogP) is 2.65. The Kier molecular flexibility index (Phi) is 4.48. The van der Waals surface area contributed by atoms with Gasteiger partial charge in [0, 0.05) is 12.1 Å². The fourth-order valence-corrected chi connectivity index (χ4v) is 2.10. The quantitative estimate of drug-likeness (QED) is 0.879. The monoisotopic (exact) mass is 273 g/mol. The normalized spacial score (nSPS) is 11.9. The average Bonchev–Trinajstić information content (AvgIpc) is 2.48. The molecule has 4 heteroatoms. The summed E-state index contributed by atoms with van der Waals surface area (Å²) in [6.45, 7) is 0. The minimum Gasteiger partial charge on any atom is -0.508 e. The Morgan fingerprint density at radius 1 is 1.05 bits per heavy atom. The van der Waals surface area contributed by atoms with E-state index < -0.39 is 0 Å². The summed E-state index contributed by atoms with van der Waals surface area (Å²) in [6.07, 6.45) is 0.651. The molecule has 0 saturated carbocycles. The van der Waals surface area contributed by atoms with Crippen molar-refractivity contribution in [3.8, 4) is 17.2 Å². The number of rotatable bonds is 5. The molecule has 0 bridgehead atoms. The largest absolute Gasteiger partial charge is 0.508 e. The van der Waals surface area contributed by atoms with Crippen molar-refractivity contribution in [2.24, 2.45) is 5.73 Å². The Morgan fingerprint density at radius 3 is 2.35 bits per heavy atom. The Balaban J connectivity index is 2.18. The molecule has 0 aliphatic carbocycles. The maximum atomic E-state index is 9.29. The number of ether oxygens (including phenoxy) is 2. The van der Waals surface area contributed by atoms with Crippen molar-refractivity contribution in [3.63, 3.8) is 0 Å². The van der Waals surface area contributed by atoms with E-state index in [-0.39, 0.29) is 11.8 Å². The van der Waals surface area contributed by atoms with Gasteiger partial charge in [0.05, 0.1) is 14.2 Å². The van der Waals surface area contributed by atoms with Crippen LogP contribution < -0.4 is 15.2 Å². The topological polar surface area (TPSA) is 64.7 Å². The number of phenols is 1. The predicted molar refractivity (Wildman–Crippen MR) is 78.3 cm³/mol. The van der Waals surface area contributed by atoms with Gasteiger partial charge in [-0.25, -0.2) is 0 Å². The van der Waals surface area contributed by atoms with E-state index in [2.05, 4.69) is 0 Å². The van der Waals surface area contributed by atoms with Gasteiger partial charge in [-0.3, -0.25) is 0 Å². The standard InChI is InChI=1S/C16H19NO3/c1-19-14-8-5-12(16(10-14)20-2)9-15(17)11-3-6-13(18)7-4-11/h3-8,10,15,18H,9,17H2,1-2H3. The van der Waals surface area contributed by atoms with Gasteiger partial charge in [-0.15, -0.1) is 0 Å². The molecule has 0 fully saturated rings. The summed E-state index contributed by atoms with van der Waals surface area (Å²) in [6, 6.07) is 12.5. The molecule has 1 unspecified atom stereocenters. The van der Waals surface area contributed by atoms with Crippen molar-refractivity contribution in [1.82, 2.24) is 0 Å². The van der Waals surface area contributed by atoms with Crippen LogP contribution in [0.1, 0.15) is 17.2 Å². The molecule has 2 rings (SSSR count). The van der Waals surface area contributed by atoms with E-state index in [1.54, 1.807) is 26.4 Å². The highest BCUT2D eigenvalue weighted by Crippen LogP contribution is 2.28. The van der Waals surface area contributed by atoms with Crippen molar-refractivity contribution >= 4 is 0 Å². The number of hydrogen-bond acceptors (Lipinski definition) is 4. The van der Waals surface area contributed by atoms with Crippen LogP contribution in [0.3, 0.4) is 0 Å². The van der Waals surface area contributed by atoms with Crippen molar-refractivity contribution in [1.29, 1.82) is 0 Å². The fourth-order valence-electron chi connectivity index (χ4n) is 2.10. The van der Waals surface area contributed by atoms with Crippen LogP contribution in [-0.4, -0.2) is 19.3 Å². The van der Waals surface area contributed by atoms with Crippen molar-refractivity contribution in [3.05, 3.63) is 53.6 Å². The van der Waals surface area contributed by atoms with Gasteiger partial charge in [0.2, 0.25) is 0 Å². The van der Waals surface area contributed by atoms with Gasteiger partial charge in [0.15, 0.2) is 0 Å². The van der Waals surface area contributed by atoms with E-state index >= 15 is 0 Å². The molecule has 0 aliphatic rings. The smallest absolute Gasteiger partial charge is 0.125 e. The van der Waals surface area contributed by atoms with E-state index in [0.717, 1.165) is 22.6 Å². The summed E-state index contributed by atoms with van der Waals surface area (Å²) in [4.78, 5) is 0. The van der Waals surface area contributed by atoms with Crippen LogP contribution in [0.25, 0.3) is 0 Å². The molecule has 0 spiro atoms. The van der Waals surface area contributed by atoms with Gasteiger partial charge >= 0.3 is 0 Å². The molecular formula is C16H19NO3. The summed E-state index contributed by atoms with van der Waals surface area (Å²) in [5, 5.41) is 9.29. The fraction of sp³-hybridized carbons (Fsp3) is 0.250. The number of hydrogen-bond donors (Lipinski definition) is 2. The molecule has 106 valence electrons. The molecular weight excluding hydrogens is 254 g/mol. The molecule has 20 heavy (non-hydrogen) atoms. The van der Waals surface area contributed by atoms with Crippen LogP contribution in [-0.2, 0) is 6.42 Å². The van der Waals surface area contributed by atoms with Gasteiger partial charge in [0.1, 0.15) is 17.2 Å². The SMILES string of the molecule is COc1ccc(CC(N)c2ccc(O)cc2)c(OC)c1. The lowest BCUT2D eigenvalue weighted by Crippen LogP contribution is -2.13. The molecule has 0 aliphatic heterocycles. The number of methoxy groups -OCH3 is 2.